The summed E-state index contributed by atoms with van der Waals surface area (Å²) in [6.07, 6.45) is 0. The van der Waals surface area contributed by atoms with E-state index in [1.165, 1.54) is 6.07 Å². The first-order chi connectivity index (χ1) is 12.4. The van der Waals surface area contributed by atoms with Gasteiger partial charge in [-0.2, -0.15) is 5.10 Å². The van der Waals surface area contributed by atoms with Crippen LogP contribution >= 0.6 is 0 Å². The number of aryl methyl sites for hydroxylation is 2. The van der Waals surface area contributed by atoms with Crippen molar-refractivity contribution in [3.63, 3.8) is 0 Å². The first-order valence-electron chi connectivity index (χ1n) is 7.75. The molecule has 9 heteroatoms. The molecular weight excluding hydrogens is 340 g/mol. The maximum absolute atomic E-state index is 12.5. The number of benzene rings is 1. The fourth-order valence-corrected chi connectivity index (χ4v) is 2.55. The minimum Gasteiger partial charge on any atom is -0.459 e. The molecule has 0 fully saturated rings. The molecule has 0 spiro atoms. The summed E-state index contributed by atoms with van der Waals surface area (Å²) in [6, 6.07) is 6.42. The second-order valence-corrected chi connectivity index (χ2v) is 5.68. The molecule has 2 heterocycles. The SMILES string of the molecule is Cc1noc(C)c1COC(=O)Cn1nc(C(N)=O)c2ccccc2c1=O. The van der Waals surface area contributed by atoms with Crippen LogP contribution in [0.15, 0.2) is 33.6 Å². The zero-order valence-electron chi connectivity index (χ0n) is 14.2. The number of ether oxygens (including phenoxy) is 1. The number of rotatable bonds is 5. The summed E-state index contributed by atoms with van der Waals surface area (Å²) < 4.78 is 11.0. The van der Waals surface area contributed by atoms with E-state index in [-0.39, 0.29) is 17.7 Å². The number of carbonyl (C=O) groups is 2. The number of nitrogens with two attached hydrogens (primary N) is 1. The van der Waals surface area contributed by atoms with Gasteiger partial charge in [-0.1, -0.05) is 23.4 Å². The van der Waals surface area contributed by atoms with Gasteiger partial charge in [-0.25, -0.2) is 4.68 Å². The van der Waals surface area contributed by atoms with Crippen molar-refractivity contribution in [3.05, 3.63) is 57.3 Å². The van der Waals surface area contributed by atoms with Crippen molar-refractivity contribution < 1.29 is 18.8 Å². The number of amides is 1. The molecule has 1 aromatic carbocycles. The molecule has 0 saturated carbocycles. The lowest BCUT2D eigenvalue weighted by molar-refractivity contribution is -0.146. The third kappa shape index (κ3) is 3.18. The van der Waals surface area contributed by atoms with Crippen molar-refractivity contribution in [2.24, 2.45) is 5.73 Å². The molecule has 2 N–H and O–H groups in total. The largest absolute Gasteiger partial charge is 0.459 e. The van der Waals surface area contributed by atoms with Crippen LogP contribution in [-0.2, 0) is 22.7 Å². The second kappa shape index (κ2) is 6.79. The molecule has 26 heavy (non-hydrogen) atoms. The van der Waals surface area contributed by atoms with Crippen LogP contribution in [-0.4, -0.2) is 26.8 Å². The van der Waals surface area contributed by atoms with Crippen molar-refractivity contribution in [2.45, 2.75) is 27.0 Å². The van der Waals surface area contributed by atoms with Gasteiger partial charge in [-0.3, -0.25) is 14.4 Å². The smallest absolute Gasteiger partial charge is 0.328 e. The van der Waals surface area contributed by atoms with Crippen molar-refractivity contribution in [3.8, 4) is 0 Å². The minimum absolute atomic E-state index is 0.0367. The van der Waals surface area contributed by atoms with Crippen molar-refractivity contribution in [1.29, 1.82) is 0 Å². The summed E-state index contributed by atoms with van der Waals surface area (Å²) in [4.78, 5) is 36.2. The van der Waals surface area contributed by atoms with Crippen LogP contribution < -0.4 is 11.3 Å². The van der Waals surface area contributed by atoms with Gasteiger partial charge in [0, 0.05) is 5.39 Å². The molecule has 0 aliphatic carbocycles. The van der Waals surface area contributed by atoms with Gasteiger partial charge in [0.25, 0.3) is 11.5 Å². The van der Waals surface area contributed by atoms with E-state index in [2.05, 4.69) is 10.3 Å². The predicted octanol–water partition coefficient (Wildman–Crippen LogP) is 0.844. The van der Waals surface area contributed by atoms with Crippen molar-refractivity contribution in [1.82, 2.24) is 14.9 Å². The quantitative estimate of drug-likeness (QED) is 0.670. The average molecular weight is 356 g/mol. The van der Waals surface area contributed by atoms with E-state index in [0.29, 0.717) is 22.4 Å². The summed E-state index contributed by atoms with van der Waals surface area (Å²) in [5, 5.41) is 8.27. The Morgan fingerprint density at radius 1 is 1.23 bits per heavy atom. The van der Waals surface area contributed by atoms with Gasteiger partial charge in [-0.15, -0.1) is 0 Å². The lowest BCUT2D eigenvalue weighted by Crippen LogP contribution is -2.31. The van der Waals surface area contributed by atoms with E-state index in [9.17, 15) is 14.4 Å². The van der Waals surface area contributed by atoms with Gasteiger partial charge in [0.05, 0.1) is 16.6 Å². The highest BCUT2D eigenvalue weighted by atomic mass is 16.5. The molecule has 0 aliphatic heterocycles. The Morgan fingerprint density at radius 2 is 1.92 bits per heavy atom. The number of nitrogens with zero attached hydrogens (tertiary/aromatic N) is 3. The molecular formula is C17H16N4O5. The Morgan fingerprint density at radius 3 is 2.54 bits per heavy atom. The number of fused-ring (bicyclic) bond motifs is 1. The Kier molecular flexibility index (Phi) is 4.53. The summed E-state index contributed by atoms with van der Waals surface area (Å²) in [7, 11) is 0. The van der Waals surface area contributed by atoms with E-state index in [1.54, 1.807) is 32.0 Å². The van der Waals surface area contributed by atoms with E-state index in [1.807, 2.05) is 0 Å². The molecule has 9 nitrogen and oxygen atoms in total. The van der Waals surface area contributed by atoms with Crippen LogP contribution in [0.4, 0.5) is 0 Å². The van der Waals surface area contributed by atoms with Crippen LogP contribution in [0, 0.1) is 13.8 Å². The van der Waals surface area contributed by atoms with Crippen LogP contribution in [0.3, 0.4) is 0 Å². The van der Waals surface area contributed by atoms with Gasteiger partial charge in [0.2, 0.25) is 0 Å². The summed E-state index contributed by atoms with van der Waals surface area (Å²) in [6.45, 7) is 2.95. The highest BCUT2D eigenvalue weighted by Gasteiger charge is 2.17. The summed E-state index contributed by atoms with van der Waals surface area (Å²) >= 11 is 0. The maximum atomic E-state index is 12.5. The monoisotopic (exact) mass is 356 g/mol. The van der Waals surface area contributed by atoms with E-state index < -0.39 is 24.0 Å². The van der Waals surface area contributed by atoms with Gasteiger partial charge in [0.1, 0.15) is 18.9 Å². The highest BCUT2D eigenvalue weighted by molar-refractivity contribution is 6.03. The molecule has 0 bridgehead atoms. The number of hydrogen-bond donors (Lipinski definition) is 1. The zero-order valence-corrected chi connectivity index (χ0v) is 14.2. The molecule has 1 amide bonds. The molecule has 3 rings (SSSR count). The summed E-state index contributed by atoms with van der Waals surface area (Å²) in [5.41, 5.74) is 6.02. The number of carbonyl (C=O) groups excluding carboxylic acids is 2. The Bertz CT molecular complexity index is 1050. The van der Waals surface area contributed by atoms with E-state index in [0.717, 1.165) is 4.68 Å². The average Bonchev–Trinajstić information content (AvgIpc) is 2.93. The number of primary amides is 1. The van der Waals surface area contributed by atoms with Crippen LogP contribution in [0.2, 0.25) is 0 Å². The topological polar surface area (TPSA) is 130 Å². The van der Waals surface area contributed by atoms with Gasteiger partial charge in [0.15, 0.2) is 5.69 Å². The van der Waals surface area contributed by atoms with Crippen LogP contribution in [0.1, 0.15) is 27.5 Å². The lowest BCUT2D eigenvalue weighted by Gasteiger charge is -2.09. The van der Waals surface area contributed by atoms with Gasteiger partial charge < -0.3 is 15.0 Å². The summed E-state index contributed by atoms with van der Waals surface area (Å²) in [5.74, 6) is -0.934. The van der Waals surface area contributed by atoms with Crippen LogP contribution in [0.5, 0.6) is 0 Å². The molecule has 0 atom stereocenters. The van der Waals surface area contributed by atoms with Gasteiger partial charge >= 0.3 is 5.97 Å². The minimum atomic E-state index is -0.793. The fraction of sp³-hybridized carbons (Fsp3) is 0.235. The predicted molar refractivity (Wildman–Crippen MR) is 90.3 cm³/mol. The number of hydrogen-bond acceptors (Lipinski definition) is 7. The Balaban J connectivity index is 1.86. The lowest BCUT2D eigenvalue weighted by atomic mass is 10.1. The maximum Gasteiger partial charge on any atom is 0.328 e. The van der Waals surface area contributed by atoms with E-state index >= 15 is 0 Å². The number of aromatic nitrogens is 3. The third-order valence-electron chi connectivity index (χ3n) is 3.94. The molecule has 0 unspecified atom stereocenters. The Hall–Kier alpha value is -3.49. The third-order valence-corrected chi connectivity index (χ3v) is 3.94. The molecule has 134 valence electrons. The van der Waals surface area contributed by atoms with Gasteiger partial charge in [-0.05, 0) is 19.9 Å². The first-order valence-corrected chi connectivity index (χ1v) is 7.75. The fourth-order valence-electron chi connectivity index (χ4n) is 2.55. The molecule has 0 radical (unpaired) electrons. The van der Waals surface area contributed by atoms with Crippen molar-refractivity contribution in [2.75, 3.05) is 0 Å². The van der Waals surface area contributed by atoms with Crippen molar-refractivity contribution >= 4 is 22.6 Å². The standard InChI is InChI=1S/C17H16N4O5/c1-9-13(10(2)26-20-9)8-25-14(22)7-21-17(24)12-6-4-3-5-11(12)15(19-21)16(18)23/h3-6H,7-8H2,1-2H3,(H2,18,23). The van der Waals surface area contributed by atoms with E-state index in [4.69, 9.17) is 15.0 Å². The first kappa shape index (κ1) is 17.3. The molecule has 2 aromatic heterocycles. The number of esters is 1. The molecule has 0 aliphatic rings. The molecule has 0 saturated heterocycles. The Labute approximate surface area is 147 Å². The highest BCUT2D eigenvalue weighted by Crippen LogP contribution is 2.14. The normalized spacial score (nSPS) is 10.8. The molecule has 3 aromatic rings. The zero-order chi connectivity index (χ0) is 18.8. The van der Waals surface area contributed by atoms with Crippen LogP contribution in [0.25, 0.3) is 10.8 Å². The second-order valence-electron chi connectivity index (χ2n) is 5.68.